The van der Waals surface area contributed by atoms with Gasteiger partial charge in [0.1, 0.15) is 0 Å². The van der Waals surface area contributed by atoms with E-state index >= 15 is 0 Å². The monoisotopic (exact) mass is 224 g/mol. The highest BCUT2D eigenvalue weighted by Gasteiger charge is 2.16. The highest BCUT2D eigenvalue weighted by atomic mass is 16.3. The van der Waals surface area contributed by atoms with Gasteiger partial charge in [0.05, 0.1) is 11.8 Å². The smallest absolute Gasteiger partial charge is 0.0624 e. The van der Waals surface area contributed by atoms with E-state index in [1.165, 1.54) is 5.69 Å². The molecule has 1 rings (SSSR count). The highest BCUT2D eigenvalue weighted by molar-refractivity contribution is 5.11. The fourth-order valence-corrected chi connectivity index (χ4v) is 2.05. The van der Waals surface area contributed by atoms with Crippen LogP contribution in [0.4, 0.5) is 0 Å². The summed E-state index contributed by atoms with van der Waals surface area (Å²) in [4.78, 5) is 0. The average molecular weight is 224 g/mol. The van der Waals surface area contributed by atoms with Crippen LogP contribution in [0.25, 0.3) is 0 Å². The molecule has 0 aliphatic rings. The molecule has 3 heteroatoms. The van der Waals surface area contributed by atoms with Gasteiger partial charge in [-0.25, -0.2) is 0 Å². The standard InChI is InChI=1S/C13H24N2O/c1-5-11(10(4)16)8-13-9-12(6-2)14-15(13)7-3/h9-11,16H,5-8H2,1-4H3. The molecular formula is C13H24N2O. The van der Waals surface area contributed by atoms with Crippen molar-refractivity contribution in [3.8, 4) is 0 Å². The molecule has 92 valence electrons. The molecule has 0 amide bonds. The molecule has 2 unspecified atom stereocenters. The van der Waals surface area contributed by atoms with E-state index in [1.807, 2.05) is 6.92 Å². The van der Waals surface area contributed by atoms with Crippen LogP contribution in [0, 0.1) is 5.92 Å². The van der Waals surface area contributed by atoms with Gasteiger partial charge >= 0.3 is 0 Å². The molecule has 0 aliphatic heterocycles. The molecular weight excluding hydrogens is 200 g/mol. The van der Waals surface area contributed by atoms with Crippen molar-refractivity contribution < 1.29 is 5.11 Å². The van der Waals surface area contributed by atoms with Crippen molar-refractivity contribution in [3.05, 3.63) is 17.5 Å². The average Bonchev–Trinajstić information content (AvgIpc) is 2.67. The number of hydrogen-bond acceptors (Lipinski definition) is 2. The summed E-state index contributed by atoms with van der Waals surface area (Å²) in [7, 11) is 0. The van der Waals surface area contributed by atoms with E-state index in [-0.39, 0.29) is 6.10 Å². The lowest BCUT2D eigenvalue weighted by Gasteiger charge is -2.18. The largest absolute Gasteiger partial charge is 0.393 e. The fourth-order valence-electron chi connectivity index (χ4n) is 2.05. The first-order chi connectivity index (χ1) is 7.62. The molecule has 3 nitrogen and oxygen atoms in total. The lowest BCUT2D eigenvalue weighted by atomic mass is 9.95. The van der Waals surface area contributed by atoms with E-state index in [4.69, 9.17) is 0 Å². The number of aliphatic hydroxyl groups is 1. The van der Waals surface area contributed by atoms with E-state index in [0.29, 0.717) is 5.92 Å². The second-order valence-electron chi connectivity index (χ2n) is 4.41. The van der Waals surface area contributed by atoms with Crippen molar-refractivity contribution in [2.24, 2.45) is 5.92 Å². The second-order valence-corrected chi connectivity index (χ2v) is 4.41. The molecule has 1 N–H and O–H groups in total. The van der Waals surface area contributed by atoms with Gasteiger partial charge in [-0.1, -0.05) is 20.3 Å². The van der Waals surface area contributed by atoms with Crippen LogP contribution in [0.1, 0.15) is 45.5 Å². The summed E-state index contributed by atoms with van der Waals surface area (Å²) in [5.74, 6) is 0.340. The number of rotatable bonds is 6. The highest BCUT2D eigenvalue weighted by Crippen LogP contribution is 2.17. The first-order valence-electron chi connectivity index (χ1n) is 6.35. The number of aryl methyl sites for hydroxylation is 2. The summed E-state index contributed by atoms with van der Waals surface area (Å²) >= 11 is 0. The van der Waals surface area contributed by atoms with Crippen LogP contribution in [-0.4, -0.2) is 21.0 Å². The Bertz CT molecular complexity index is 318. The number of hydrogen-bond donors (Lipinski definition) is 1. The summed E-state index contributed by atoms with van der Waals surface area (Å²) in [6.07, 6.45) is 2.67. The van der Waals surface area contributed by atoms with Gasteiger partial charge in [0, 0.05) is 12.2 Å². The van der Waals surface area contributed by atoms with Gasteiger partial charge < -0.3 is 5.11 Å². The number of aromatic nitrogens is 2. The summed E-state index contributed by atoms with van der Waals surface area (Å²) < 4.78 is 2.06. The van der Waals surface area contributed by atoms with Gasteiger partial charge in [-0.15, -0.1) is 0 Å². The van der Waals surface area contributed by atoms with Crippen molar-refractivity contribution in [1.29, 1.82) is 0 Å². The topological polar surface area (TPSA) is 38.0 Å². The van der Waals surface area contributed by atoms with Crippen molar-refractivity contribution in [2.75, 3.05) is 0 Å². The Morgan fingerprint density at radius 3 is 2.50 bits per heavy atom. The Balaban J connectivity index is 2.81. The lowest BCUT2D eigenvalue weighted by molar-refractivity contribution is 0.121. The summed E-state index contributed by atoms with van der Waals surface area (Å²) in [5.41, 5.74) is 2.41. The SMILES string of the molecule is CCc1cc(CC(CC)C(C)O)n(CC)n1. The van der Waals surface area contributed by atoms with E-state index in [0.717, 1.165) is 31.5 Å². The Morgan fingerprint density at radius 2 is 2.06 bits per heavy atom. The molecule has 0 fully saturated rings. The maximum Gasteiger partial charge on any atom is 0.0624 e. The molecule has 1 aromatic heterocycles. The minimum Gasteiger partial charge on any atom is -0.393 e. The van der Waals surface area contributed by atoms with Gasteiger partial charge in [0.15, 0.2) is 0 Å². The van der Waals surface area contributed by atoms with E-state index in [9.17, 15) is 5.11 Å². The third-order valence-corrected chi connectivity index (χ3v) is 3.25. The maximum atomic E-state index is 9.67. The molecule has 16 heavy (non-hydrogen) atoms. The molecule has 1 aromatic rings. The van der Waals surface area contributed by atoms with Gasteiger partial charge in [-0.3, -0.25) is 4.68 Å². The van der Waals surface area contributed by atoms with Gasteiger partial charge in [0.25, 0.3) is 0 Å². The minimum atomic E-state index is -0.240. The fraction of sp³-hybridized carbons (Fsp3) is 0.769. The molecule has 0 aromatic carbocycles. The lowest BCUT2D eigenvalue weighted by Crippen LogP contribution is -2.20. The molecule has 0 spiro atoms. The van der Waals surface area contributed by atoms with Crippen molar-refractivity contribution >= 4 is 0 Å². The zero-order chi connectivity index (χ0) is 12.1. The van der Waals surface area contributed by atoms with E-state index < -0.39 is 0 Å². The Hall–Kier alpha value is -0.830. The first kappa shape index (κ1) is 13.2. The first-order valence-corrected chi connectivity index (χ1v) is 6.35. The quantitative estimate of drug-likeness (QED) is 0.806. The second kappa shape index (κ2) is 6.04. The van der Waals surface area contributed by atoms with Crippen molar-refractivity contribution in [3.63, 3.8) is 0 Å². The predicted octanol–water partition coefficient (Wildman–Crippen LogP) is 2.41. The van der Waals surface area contributed by atoms with Crippen molar-refractivity contribution in [2.45, 2.75) is 59.6 Å². The zero-order valence-electron chi connectivity index (χ0n) is 10.9. The number of nitrogens with zero attached hydrogens (tertiary/aromatic N) is 2. The van der Waals surface area contributed by atoms with Crippen LogP contribution in [0.3, 0.4) is 0 Å². The van der Waals surface area contributed by atoms with Gasteiger partial charge in [-0.05, 0) is 38.7 Å². The Labute approximate surface area is 98.5 Å². The molecule has 0 saturated carbocycles. The van der Waals surface area contributed by atoms with Crippen LogP contribution in [0.2, 0.25) is 0 Å². The zero-order valence-corrected chi connectivity index (χ0v) is 10.9. The molecule has 0 bridgehead atoms. The summed E-state index contributed by atoms with van der Waals surface area (Å²) in [6.45, 7) is 9.15. The van der Waals surface area contributed by atoms with Gasteiger partial charge in [-0.2, -0.15) is 5.10 Å². The van der Waals surface area contributed by atoms with Gasteiger partial charge in [0.2, 0.25) is 0 Å². The third-order valence-electron chi connectivity index (χ3n) is 3.25. The molecule has 2 atom stereocenters. The molecule has 1 heterocycles. The van der Waals surface area contributed by atoms with Crippen LogP contribution < -0.4 is 0 Å². The van der Waals surface area contributed by atoms with E-state index in [2.05, 4.69) is 36.6 Å². The van der Waals surface area contributed by atoms with Crippen LogP contribution in [0.5, 0.6) is 0 Å². The van der Waals surface area contributed by atoms with Crippen molar-refractivity contribution in [1.82, 2.24) is 9.78 Å². The number of aliphatic hydroxyl groups excluding tert-OH is 1. The maximum absolute atomic E-state index is 9.67. The predicted molar refractivity (Wildman–Crippen MR) is 66.4 cm³/mol. The molecule has 0 saturated heterocycles. The van der Waals surface area contributed by atoms with Crippen LogP contribution in [-0.2, 0) is 19.4 Å². The Kier molecular flexibility index (Phi) is 5.00. The third kappa shape index (κ3) is 3.08. The van der Waals surface area contributed by atoms with Crippen LogP contribution in [0.15, 0.2) is 6.07 Å². The summed E-state index contributed by atoms with van der Waals surface area (Å²) in [5, 5.41) is 14.2. The Morgan fingerprint density at radius 1 is 1.38 bits per heavy atom. The summed E-state index contributed by atoms with van der Waals surface area (Å²) in [6, 6.07) is 2.18. The minimum absolute atomic E-state index is 0.240. The molecule has 0 radical (unpaired) electrons. The normalized spacial score (nSPS) is 15.1. The van der Waals surface area contributed by atoms with Crippen LogP contribution >= 0.6 is 0 Å². The van der Waals surface area contributed by atoms with E-state index in [1.54, 1.807) is 0 Å². The molecule has 0 aliphatic carbocycles.